The first-order chi connectivity index (χ1) is 9.60. The Morgan fingerprint density at radius 2 is 1.65 bits per heavy atom. The largest absolute Gasteiger partial charge is 0.507 e. The average Bonchev–Trinajstić information content (AvgIpc) is 2.48. The molecule has 2 aromatic carbocycles. The molecule has 20 heavy (non-hydrogen) atoms. The maximum atomic E-state index is 12.5. The number of phenols is 2. The van der Waals surface area contributed by atoms with E-state index in [4.69, 9.17) is 0 Å². The number of hydrogen-bond acceptors (Lipinski definition) is 3. The summed E-state index contributed by atoms with van der Waals surface area (Å²) in [5.74, 6) is -0.249. The van der Waals surface area contributed by atoms with Crippen LogP contribution in [0.1, 0.15) is 40.9 Å². The van der Waals surface area contributed by atoms with Gasteiger partial charge in [-0.1, -0.05) is 44.2 Å². The van der Waals surface area contributed by atoms with E-state index in [-0.39, 0.29) is 22.8 Å². The van der Waals surface area contributed by atoms with Crippen LogP contribution in [0.3, 0.4) is 0 Å². The van der Waals surface area contributed by atoms with Crippen LogP contribution in [0.15, 0.2) is 36.4 Å². The molecule has 0 aliphatic carbocycles. The summed E-state index contributed by atoms with van der Waals surface area (Å²) in [6.07, 6.45) is 1.08. The van der Waals surface area contributed by atoms with Gasteiger partial charge in [-0.25, -0.2) is 0 Å². The third-order valence-electron chi connectivity index (χ3n) is 3.46. The lowest BCUT2D eigenvalue weighted by molar-refractivity contribution is 0.103. The third-order valence-corrected chi connectivity index (χ3v) is 3.46. The van der Waals surface area contributed by atoms with E-state index in [0.29, 0.717) is 29.5 Å². The molecule has 0 unspecified atom stereocenters. The first-order valence-corrected chi connectivity index (χ1v) is 6.76. The number of phenolic OH excluding ortho intramolecular Hbond substituents is 2. The first kappa shape index (κ1) is 14.1. The van der Waals surface area contributed by atoms with Crippen LogP contribution in [0.5, 0.6) is 11.5 Å². The molecule has 0 atom stereocenters. The topological polar surface area (TPSA) is 57.5 Å². The Morgan fingerprint density at radius 3 is 2.20 bits per heavy atom. The van der Waals surface area contributed by atoms with Gasteiger partial charge in [0.15, 0.2) is 5.78 Å². The van der Waals surface area contributed by atoms with Crippen molar-refractivity contribution >= 4 is 5.78 Å². The van der Waals surface area contributed by atoms with E-state index in [1.807, 2.05) is 19.9 Å². The third kappa shape index (κ3) is 2.39. The van der Waals surface area contributed by atoms with E-state index in [0.717, 1.165) is 0 Å². The smallest absolute Gasteiger partial charge is 0.196 e. The molecular weight excluding hydrogens is 252 g/mol. The summed E-state index contributed by atoms with van der Waals surface area (Å²) in [5.41, 5.74) is 1.89. The molecule has 2 aromatic rings. The molecule has 3 heteroatoms. The highest BCUT2D eigenvalue weighted by Crippen LogP contribution is 2.36. The minimum Gasteiger partial charge on any atom is -0.507 e. The monoisotopic (exact) mass is 270 g/mol. The second-order valence-electron chi connectivity index (χ2n) is 4.66. The van der Waals surface area contributed by atoms with Crippen LogP contribution < -0.4 is 0 Å². The number of carbonyl (C=O) groups is 1. The second kappa shape index (κ2) is 5.78. The zero-order valence-corrected chi connectivity index (χ0v) is 11.7. The zero-order chi connectivity index (χ0) is 14.7. The lowest BCUT2D eigenvalue weighted by Gasteiger charge is -2.13. The Morgan fingerprint density at radius 1 is 1.00 bits per heavy atom. The van der Waals surface area contributed by atoms with Crippen molar-refractivity contribution in [1.82, 2.24) is 0 Å². The van der Waals surface area contributed by atoms with Crippen LogP contribution in [0.4, 0.5) is 0 Å². The number of carbonyl (C=O) groups excluding carboxylic acids is 1. The van der Waals surface area contributed by atoms with Gasteiger partial charge in [0, 0.05) is 11.1 Å². The molecule has 0 fully saturated rings. The van der Waals surface area contributed by atoms with Gasteiger partial charge in [0.2, 0.25) is 0 Å². The van der Waals surface area contributed by atoms with E-state index in [2.05, 4.69) is 0 Å². The molecular formula is C17H18O3. The lowest BCUT2D eigenvalue weighted by atomic mass is 9.94. The van der Waals surface area contributed by atoms with Gasteiger partial charge in [-0.2, -0.15) is 0 Å². The predicted molar refractivity (Wildman–Crippen MR) is 78.4 cm³/mol. The summed E-state index contributed by atoms with van der Waals surface area (Å²) < 4.78 is 0. The van der Waals surface area contributed by atoms with Crippen molar-refractivity contribution in [1.29, 1.82) is 0 Å². The molecule has 0 radical (unpaired) electrons. The van der Waals surface area contributed by atoms with E-state index in [9.17, 15) is 15.0 Å². The summed E-state index contributed by atoms with van der Waals surface area (Å²) in [5, 5.41) is 20.3. The number of rotatable bonds is 4. The Kier molecular flexibility index (Phi) is 4.08. The highest BCUT2D eigenvalue weighted by Gasteiger charge is 2.20. The van der Waals surface area contributed by atoms with Gasteiger partial charge in [0.05, 0.1) is 5.56 Å². The molecule has 2 rings (SSSR count). The number of ketones is 1. The quantitative estimate of drug-likeness (QED) is 0.836. The molecule has 0 bridgehead atoms. The molecule has 3 nitrogen and oxygen atoms in total. The molecule has 0 aromatic heterocycles. The highest BCUT2D eigenvalue weighted by molar-refractivity contribution is 6.11. The molecule has 0 heterocycles. The van der Waals surface area contributed by atoms with Crippen LogP contribution >= 0.6 is 0 Å². The lowest BCUT2D eigenvalue weighted by Crippen LogP contribution is -2.04. The Balaban J connectivity index is 2.60. The zero-order valence-electron chi connectivity index (χ0n) is 11.7. The van der Waals surface area contributed by atoms with Crippen LogP contribution in [0.2, 0.25) is 0 Å². The summed E-state index contributed by atoms with van der Waals surface area (Å²) in [4.78, 5) is 12.5. The molecule has 0 aliphatic heterocycles. The summed E-state index contributed by atoms with van der Waals surface area (Å²) in [7, 11) is 0. The van der Waals surface area contributed by atoms with E-state index in [1.165, 1.54) is 0 Å². The van der Waals surface area contributed by atoms with Crippen molar-refractivity contribution in [2.24, 2.45) is 0 Å². The SMILES string of the molecule is CCc1cc(C(=O)c2ccccc2)c(O)c(CC)c1O. The van der Waals surface area contributed by atoms with Crippen molar-refractivity contribution in [2.45, 2.75) is 26.7 Å². The maximum absolute atomic E-state index is 12.5. The fourth-order valence-corrected chi connectivity index (χ4v) is 2.30. The van der Waals surface area contributed by atoms with Gasteiger partial charge in [0.25, 0.3) is 0 Å². The first-order valence-electron chi connectivity index (χ1n) is 6.76. The Hall–Kier alpha value is -2.29. The molecule has 2 N–H and O–H groups in total. The van der Waals surface area contributed by atoms with Gasteiger partial charge < -0.3 is 10.2 Å². The normalized spacial score (nSPS) is 10.5. The van der Waals surface area contributed by atoms with Crippen molar-refractivity contribution in [3.8, 4) is 11.5 Å². The molecule has 0 saturated carbocycles. The minimum atomic E-state index is -0.229. The van der Waals surface area contributed by atoms with Crippen molar-refractivity contribution in [2.75, 3.05) is 0 Å². The summed E-state index contributed by atoms with van der Waals surface area (Å²) in [6.45, 7) is 3.74. The number of hydrogen-bond donors (Lipinski definition) is 2. The number of benzene rings is 2. The predicted octanol–water partition coefficient (Wildman–Crippen LogP) is 3.45. The van der Waals surface area contributed by atoms with E-state index in [1.54, 1.807) is 30.3 Å². The van der Waals surface area contributed by atoms with Crippen LogP contribution in [-0.4, -0.2) is 16.0 Å². The number of aromatic hydroxyl groups is 2. The molecule has 0 saturated heterocycles. The Bertz CT molecular complexity index is 630. The molecule has 104 valence electrons. The summed E-state index contributed by atoms with van der Waals surface area (Å²) in [6, 6.07) is 10.4. The van der Waals surface area contributed by atoms with Gasteiger partial charge >= 0.3 is 0 Å². The molecule has 0 spiro atoms. The van der Waals surface area contributed by atoms with Gasteiger partial charge in [-0.05, 0) is 24.5 Å². The van der Waals surface area contributed by atoms with Gasteiger partial charge in [-0.3, -0.25) is 4.79 Å². The summed E-state index contributed by atoms with van der Waals surface area (Å²) >= 11 is 0. The van der Waals surface area contributed by atoms with Crippen LogP contribution in [0, 0.1) is 0 Å². The second-order valence-corrected chi connectivity index (χ2v) is 4.66. The Labute approximate surface area is 118 Å². The van der Waals surface area contributed by atoms with Crippen molar-refractivity contribution in [3.63, 3.8) is 0 Å². The molecule has 0 aliphatic rings. The van der Waals surface area contributed by atoms with Crippen molar-refractivity contribution < 1.29 is 15.0 Å². The average molecular weight is 270 g/mol. The van der Waals surface area contributed by atoms with Gasteiger partial charge in [0.1, 0.15) is 11.5 Å². The van der Waals surface area contributed by atoms with Crippen LogP contribution in [0.25, 0.3) is 0 Å². The maximum Gasteiger partial charge on any atom is 0.196 e. The van der Waals surface area contributed by atoms with Crippen molar-refractivity contribution in [3.05, 3.63) is 58.7 Å². The number of aryl methyl sites for hydroxylation is 1. The van der Waals surface area contributed by atoms with E-state index < -0.39 is 0 Å². The van der Waals surface area contributed by atoms with Crippen LogP contribution in [-0.2, 0) is 12.8 Å². The highest BCUT2D eigenvalue weighted by atomic mass is 16.3. The van der Waals surface area contributed by atoms with Gasteiger partial charge in [-0.15, -0.1) is 0 Å². The fraction of sp³-hybridized carbons (Fsp3) is 0.235. The molecule has 0 amide bonds. The van der Waals surface area contributed by atoms with E-state index >= 15 is 0 Å². The fourth-order valence-electron chi connectivity index (χ4n) is 2.30. The standard InChI is InChI=1S/C17H18O3/c1-3-11-10-14(17(20)13(4-2)15(11)18)16(19)12-8-6-5-7-9-12/h5-10,18,20H,3-4H2,1-2H3. The minimum absolute atomic E-state index is 0.0945.